The van der Waals surface area contributed by atoms with Gasteiger partial charge >= 0.3 is 29.9 Å². The second-order valence-electron chi connectivity index (χ2n) is 12.8. The Bertz CT molecular complexity index is 1420. The molecule has 0 radical (unpaired) electrons. The van der Waals surface area contributed by atoms with Gasteiger partial charge in [0.05, 0.1) is 13.1 Å². The van der Waals surface area contributed by atoms with Gasteiger partial charge in [-0.25, -0.2) is 29.1 Å². The first-order valence-corrected chi connectivity index (χ1v) is 18.1. The predicted octanol–water partition coefficient (Wildman–Crippen LogP) is 1.57. The first-order chi connectivity index (χ1) is 25.8. The van der Waals surface area contributed by atoms with E-state index < -0.39 is 54.5 Å². The van der Waals surface area contributed by atoms with Crippen molar-refractivity contribution in [1.29, 1.82) is 0 Å². The summed E-state index contributed by atoms with van der Waals surface area (Å²) in [4.78, 5) is 98.8. The molecule has 0 unspecified atom stereocenters. The molecule has 20 heteroatoms. The zero-order valence-corrected chi connectivity index (χ0v) is 30.3. The number of nitrogens with zero attached hydrogens (tertiary/aromatic N) is 3. The number of aromatic nitrogens is 4. The van der Waals surface area contributed by atoms with Gasteiger partial charge in [-0.3, -0.25) is 19.3 Å². The highest BCUT2D eigenvalue weighted by Gasteiger charge is 2.25. The first kappa shape index (κ1) is 44.6. The van der Waals surface area contributed by atoms with E-state index in [1.54, 1.807) is 24.8 Å². The van der Waals surface area contributed by atoms with Crippen LogP contribution in [0.2, 0.25) is 0 Å². The average molecular weight is 764 g/mol. The molecule has 0 aliphatic rings. The standard InChI is InChI=1S/C34H53N9O11/c44-28(39-15-7-5-9-24(32(50)51)41-34(54)42-25(33(52)53)13-14-30(46)47)11-3-1-2-4-12-29(45)40-23(31(48)49)10-6-8-20-43(21-26-35-16-17-36-26)22-27-37-18-19-38-27/h16-19,23-25H,1-15,20-22H2,(H,35,36)(H,37,38)(H,39,44)(H,40,45)(H,46,47)(H,48,49)(H,50,51)(H,52,53)(H2,41,42,54)/t23-,24-,25-/m0/s1. The molecule has 300 valence electrons. The number of nitrogens with one attached hydrogen (secondary N) is 6. The largest absolute Gasteiger partial charge is 0.481 e. The van der Waals surface area contributed by atoms with Gasteiger partial charge in [0.1, 0.15) is 29.8 Å². The van der Waals surface area contributed by atoms with Crippen LogP contribution in [0.1, 0.15) is 102 Å². The first-order valence-electron chi connectivity index (χ1n) is 18.1. The van der Waals surface area contributed by atoms with Gasteiger partial charge in [-0.15, -0.1) is 0 Å². The van der Waals surface area contributed by atoms with E-state index >= 15 is 0 Å². The van der Waals surface area contributed by atoms with Crippen molar-refractivity contribution in [3.05, 3.63) is 36.4 Å². The molecule has 3 atom stereocenters. The monoisotopic (exact) mass is 763 g/mol. The smallest absolute Gasteiger partial charge is 0.326 e. The fourth-order valence-corrected chi connectivity index (χ4v) is 5.47. The minimum Gasteiger partial charge on any atom is -0.481 e. The zero-order valence-electron chi connectivity index (χ0n) is 30.3. The quantitative estimate of drug-likeness (QED) is 0.0506. The third kappa shape index (κ3) is 19.9. The van der Waals surface area contributed by atoms with Gasteiger partial charge in [-0.05, 0) is 64.3 Å². The molecule has 2 rings (SSSR count). The van der Waals surface area contributed by atoms with Crippen LogP contribution < -0.4 is 21.3 Å². The minimum atomic E-state index is -1.50. The van der Waals surface area contributed by atoms with Gasteiger partial charge in [-0.1, -0.05) is 12.8 Å². The Morgan fingerprint density at radius 2 is 1.09 bits per heavy atom. The summed E-state index contributed by atoms with van der Waals surface area (Å²) in [6.07, 6.45) is 11.4. The Hall–Kier alpha value is -5.53. The number of carbonyl (C=O) groups excluding carboxylic acids is 3. The van der Waals surface area contributed by atoms with Gasteiger partial charge in [0.15, 0.2) is 0 Å². The van der Waals surface area contributed by atoms with Crippen LogP contribution in [0.25, 0.3) is 0 Å². The molecule has 54 heavy (non-hydrogen) atoms. The van der Waals surface area contributed by atoms with E-state index in [4.69, 9.17) is 10.2 Å². The number of carbonyl (C=O) groups is 7. The van der Waals surface area contributed by atoms with Crippen molar-refractivity contribution in [1.82, 2.24) is 46.1 Å². The second-order valence-corrected chi connectivity index (χ2v) is 12.8. The van der Waals surface area contributed by atoms with Crippen LogP contribution in [0, 0.1) is 0 Å². The maximum atomic E-state index is 12.4. The molecule has 0 aliphatic heterocycles. The lowest BCUT2D eigenvalue weighted by Crippen LogP contribution is -2.51. The van der Waals surface area contributed by atoms with Gasteiger partial charge < -0.3 is 51.7 Å². The second kappa shape index (κ2) is 25.4. The summed E-state index contributed by atoms with van der Waals surface area (Å²) in [5, 5.41) is 46.5. The number of H-pyrrole nitrogens is 2. The number of carboxylic acids is 4. The lowest BCUT2D eigenvalue weighted by molar-refractivity contribution is -0.142. The molecule has 20 nitrogen and oxygen atoms in total. The van der Waals surface area contributed by atoms with Crippen LogP contribution in [0.5, 0.6) is 0 Å². The van der Waals surface area contributed by atoms with Gasteiger partial charge in [0.2, 0.25) is 11.8 Å². The Morgan fingerprint density at radius 1 is 0.593 bits per heavy atom. The Morgan fingerprint density at radius 3 is 1.59 bits per heavy atom. The molecule has 2 aromatic heterocycles. The molecule has 0 spiro atoms. The number of amides is 4. The highest BCUT2D eigenvalue weighted by Crippen LogP contribution is 2.11. The number of unbranched alkanes of at least 4 members (excludes halogenated alkanes) is 5. The summed E-state index contributed by atoms with van der Waals surface area (Å²) < 4.78 is 0. The molecular weight excluding hydrogens is 710 g/mol. The summed E-state index contributed by atoms with van der Waals surface area (Å²) in [6.45, 7) is 2.14. The van der Waals surface area contributed by atoms with Gasteiger partial charge in [0, 0.05) is 50.6 Å². The number of aromatic amines is 2. The number of carboxylic acid groups (broad SMARTS) is 4. The minimum absolute atomic E-state index is 0.0191. The van der Waals surface area contributed by atoms with E-state index in [2.05, 4.69) is 46.1 Å². The van der Waals surface area contributed by atoms with Crippen LogP contribution in [0.15, 0.2) is 24.8 Å². The third-order valence-electron chi connectivity index (χ3n) is 8.36. The molecular formula is C34H53N9O11. The SMILES string of the molecule is O=C(O)CC[C@H](NC(=O)N[C@@H](CCCCNC(=O)CCCCCCC(=O)N[C@@H](CCCCN(Cc1ncc[nH]1)Cc1ncc[nH]1)C(=O)O)C(=O)O)C(=O)O. The Kier molecular flexibility index (Phi) is 21.0. The summed E-state index contributed by atoms with van der Waals surface area (Å²) in [5.74, 6) is -3.99. The van der Waals surface area contributed by atoms with E-state index in [1.165, 1.54) is 0 Å². The van der Waals surface area contributed by atoms with Gasteiger partial charge in [0.25, 0.3) is 0 Å². The Labute approximate surface area is 312 Å². The van der Waals surface area contributed by atoms with Crippen molar-refractivity contribution >= 4 is 41.7 Å². The van der Waals surface area contributed by atoms with Crippen molar-refractivity contribution in [3.63, 3.8) is 0 Å². The predicted molar refractivity (Wildman–Crippen MR) is 191 cm³/mol. The fourth-order valence-electron chi connectivity index (χ4n) is 5.47. The number of hydrogen-bond donors (Lipinski definition) is 10. The van der Waals surface area contributed by atoms with Crippen LogP contribution in [0.3, 0.4) is 0 Å². The number of hydrogen-bond acceptors (Lipinski definition) is 10. The molecule has 2 aromatic rings. The van der Waals surface area contributed by atoms with E-state index in [0.717, 1.165) is 18.1 Å². The normalized spacial score (nSPS) is 12.7. The van der Waals surface area contributed by atoms with Crippen LogP contribution in [0.4, 0.5) is 4.79 Å². The average Bonchev–Trinajstić information content (AvgIpc) is 3.83. The maximum Gasteiger partial charge on any atom is 0.326 e. The number of rotatable bonds is 30. The molecule has 0 aliphatic carbocycles. The van der Waals surface area contributed by atoms with Crippen LogP contribution in [-0.2, 0) is 41.9 Å². The van der Waals surface area contributed by atoms with E-state index in [9.17, 15) is 43.8 Å². The van der Waals surface area contributed by atoms with E-state index in [-0.39, 0.29) is 44.0 Å². The number of urea groups is 1. The van der Waals surface area contributed by atoms with Crippen molar-refractivity contribution in [2.75, 3.05) is 13.1 Å². The summed E-state index contributed by atoms with van der Waals surface area (Å²) in [5.41, 5.74) is 0. The van der Waals surface area contributed by atoms with E-state index in [1.807, 2.05) is 0 Å². The van der Waals surface area contributed by atoms with Gasteiger partial charge in [-0.2, -0.15) is 0 Å². The zero-order chi connectivity index (χ0) is 39.7. The molecule has 0 fully saturated rings. The summed E-state index contributed by atoms with van der Waals surface area (Å²) in [6, 6.07) is -4.84. The van der Waals surface area contributed by atoms with Crippen molar-refractivity contribution in [3.8, 4) is 0 Å². The summed E-state index contributed by atoms with van der Waals surface area (Å²) >= 11 is 0. The molecule has 2 heterocycles. The Balaban J connectivity index is 1.55. The van der Waals surface area contributed by atoms with E-state index in [0.29, 0.717) is 71.0 Å². The van der Waals surface area contributed by atoms with Crippen molar-refractivity contribution in [2.45, 2.75) is 121 Å². The molecule has 0 bridgehead atoms. The topological polar surface area (TPSA) is 309 Å². The third-order valence-corrected chi connectivity index (χ3v) is 8.36. The van der Waals surface area contributed by atoms with Crippen molar-refractivity contribution in [2.24, 2.45) is 0 Å². The molecule has 0 aromatic carbocycles. The van der Waals surface area contributed by atoms with Crippen molar-refractivity contribution < 1.29 is 54.0 Å². The van der Waals surface area contributed by atoms with Crippen LogP contribution in [-0.4, -0.2) is 118 Å². The lowest BCUT2D eigenvalue weighted by Gasteiger charge is -2.21. The molecule has 0 saturated heterocycles. The fraction of sp³-hybridized carbons (Fsp3) is 0.618. The highest BCUT2D eigenvalue weighted by atomic mass is 16.4. The van der Waals surface area contributed by atoms with Crippen LogP contribution >= 0.6 is 0 Å². The summed E-state index contributed by atoms with van der Waals surface area (Å²) in [7, 11) is 0. The molecule has 4 amide bonds. The maximum absolute atomic E-state index is 12.4. The molecule has 10 N–H and O–H groups in total. The number of aliphatic carboxylic acids is 4. The number of imidazole rings is 2. The molecule has 0 saturated carbocycles. The highest BCUT2D eigenvalue weighted by molar-refractivity contribution is 5.86. The lowest BCUT2D eigenvalue weighted by atomic mass is 10.1.